The Bertz CT molecular complexity index is 522. The molecule has 1 aromatic heterocycles. The zero-order valence-corrected chi connectivity index (χ0v) is 10.5. The van der Waals surface area contributed by atoms with Crippen LogP contribution in [-0.2, 0) is 16.1 Å². The van der Waals surface area contributed by atoms with Crippen molar-refractivity contribution in [1.82, 2.24) is 9.80 Å². The van der Waals surface area contributed by atoms with E-state index in [1.165, 1.54) is 22.1 Å². The molecule has 0 aromatic carbocycles. The van der Waals surface area contributed by atoms with Crippen LogP contribution in [0, 0.1) is 0 Å². The predicted molar refractivity (Wildman–Crippen MR) is 63.3 cm³/mol. The molecule has 102 valence electrons. The number of likely N-dealkylation sites (N-methyl/N-ethyl adjacent to an activating group) is 1. The minimum absolute atomic E-state index is 0.0308. The van der Waals surface area contributed by atoms with Gasteiger partial charge in [-0.15, -0.1) is 0 Å². The van der Waals surface area contributed by atoms with E-state index in [4.69, 9.17) is 9.52 Å². The Morgan fingerprint density at radius 3 is 2.58 bits per heavy atom. The maximum absolute atomic E-state index is 11.9. The fourth-order valence-corrected chi connectivity index (χ4v) is 1.99. The first kappa shape index (κ1) is 13.1. The molecule has 0 bridgehead atoms. The molecular weight excluding hydrogens is 252 g/mol. The van der Waals surface area contributed by atoms with E-state index in [1.54, 1.807) is 6.92 Å². The smallest absolute Gasteiger partial charge is 0.372 e. The van der Waals surface area contributed by atoms with Crippen LogP contribution in [0.3, 0.4) is 0 Å². The van der Waals surface area contributed by atoms with Crippen molar-refractivity contribution in [3.8, 4) is 0 Å². The van der Waals surface area contributed by atoms with Crippen LogP contribution in [0.4, 0.5) is 0 Å². The molecule has 0 atom stereocenters. The first-order valence-corrected chi connectivity index (χ1v) is 5.88. The van der Waals surface area contributed by atoms with Crippen LogP contribution in [0.1, 0.15) is 23.0 Å². The molecule has 1 aliphatic heterocycles. The van der Waals surface area contributed by atoms with Crippen molar-refractivity contribution in [3.63, 3.8) is 0 Å². The summed E-state index contributed by atoms with van der Waals surface area (Å²) in [6.45, 7) is 2.37. The summed E-state index contributed by atoms with van der Waals surface area (Å²) in [6, 6.07) is 1.49. The lowest BCUT2D eigenvalue weighted by Crippen LogP contribution is -2.53. The van der Waals surface area contributed by atoms with E-state index in [2.05, 4.69) is 0 Å². The van der Waals surface area contributed by atoms with Crippen molar-refractivity contribution in [1.29, 1.82) is 0 Å². The second kappa shape index (κ2) is 5.13. The summed E-state index contributed by atoms with van der Waals surface area (Å²) in [5, 5.41) is 8.91. The molecule has 7 heteroatoms. The largest absolute Gasteiger partial charge is 0.475 e. The molecule has 1 fully saturated rings. The van der Waals surface area contributed by atoms with Gasteiger partial charge in [0.1, 0.15) is 6.54 Å². The van der Waals surface area contributed by atoms with Crippen molar-refractivity contribution in [2.45, 2.75) is 13.5 Å². The second-order valence-corrected chi connectivity index (χ2v) is 4.24. The third kappa shape index (κ3) is 2.59. The number of hydrogen-bond donors (Lipinski definition) is 1. The summed E-state index contributed by atoms with van der Waals surface area (Å²) in [5.41, 5.74) is 0.388. The number of carboxylic acids is 1. The molecule has 1 saturated heterocycles. The highest BCUT2D eigenvalue weighted by Gasteiger charge is 2.30. The summed E-state index contributed by atoms with van der Waals surface area (Å²) >= 11 is 0. The van der Waals surface area contributed by atoms with E-state index in [1.807, 2.05) is 0 Å². The summed E-state index contributed by atoms with van der Waals surface area (Å²) in [6.07, 6.45) is 1.26. The molecule has 19 heavy (non-hydrogen) atoms. The van der Waals surface area contributed by atoms with Crippen LogP contribution in [0.25, 0.3) is 0 Å². The summed E-state index contributed by atoms with van der Waals surface area (Å²) in [4.78, 5) is 37.3. The molecule has 0 aliphatic carbocycles. The van der Waals surface area contributed by atoms with Crippen molar-refractivity contribution >= 4 is 17.8 Å². The lowest BCUT2D eigenvalue weighted by molar-refractivity contribution is -0.150. The minimum Gasteiger partial charge on any atom is -0.475 e. The van der Waals surface area contributed by atoms with E-state index in [0.717, 1.165) is 0 Å². The topological polar surface area (TPSA) is 91.1 Å². The second-order valence-electron chi connectivity index (χ2n) is 4.24. The lowest BCUT2D eigenvalue weighted by Gasteiger charge is -2.33. The van der Waals surface area contributed by atoms with Crippen LogP contribution in [0.5, 0.6) is 0 Å². The van der Waals surface area contributed by atoms with Gasteiger partial charge in [-0.05, 0) is 13.0 Å². The average Bonchev–Trinajstić information content (AvgIpc) is 2.81. The number of amides is 2. The number of piperazine rings is 1. The Balaban J connectivity index is 2.11. The molecule has 0 saturated carbocycles. The quantitative estimate of drug-likeness (QED) is 0.838. The first-order valence-electron chi connectivity index (χ1n) is 5.88. The van der Waals surface area contributed by atoms with Gasteiger partial charge in [-0.25, -0.2) is 4.79 Å². The Morgan fingerprint density at radius 2 is 1.95 bits per heavy atom. The van der Waals surface area contributed by atoms with Crippen LogP contribution < -0.4 is 0 Å². The third-order valence-corrected chi connectivity index (χ3v) is 3.04. The van der Waals surface area contributed by atoms with Crippen LogP contribution in [0.15, 0.2) is 16.7 Å². The SMILES string of the molecule is CCN1CC(=O)N(Cc2ccoc2C(=O)O)CC1=O. The fraction of sp³-hybridized carbons (Fsp3) is 0.417. The molecule has 2 rings (SSSR count). The van der Waals surface area contributed by atoms with Crippen molar-refractivity contribution < 1.29 is 23.9 Å². The Labute approximate surface area is 109 Å². The zero-order chi connectivity index (χ0) is 14.0. The molecule has 1 N–H and O–H groups in total. The van der Waals surface area contributed by atoms with Crippen LogP contribution in [-0.4, -0.2) is 52.3 Å². The van der Waals surface area contributed by atoms with E-state index >= 15 is 0 Å². The van der Waals surface area contributed by atoms with E-state index < -0.39 is 5.97 Å². The van der Waals surface area contributed by atoms with Gasteiger partial charge in [0, 0.05) is 12.1 Å². The molecule has 1 aliphatic rings. The van der Waals surface area contributed by atoms with Gasteiger partial charge in [-0.2, -0.15) is 0 Å². The number of furan rings is 1. The first-order chi connectivity index (χ1) is 9.02. The van der Waals surface area contributed by atoms with Gasteiger partial charge in [0.15, 0.2) is 0 Å². The maximum Gasteiger partial charge on any atom is 0.372 e. The van der Waals surface area contributed by atoms with Gasteiger partial charge in [0.25, 0.3) is 0 Å². The highest BCUT2D eigenvalue weighted by molar-refractivity contribution is 5.92. The number of carbonyl (C=O) groups is 3. The maximum atomic E-state index is 11.9. The highest BCUT2D eigenvalue weighted by atomic mass is 16.4. The standard InChI is InChI=1S/C12H14N2O5/c1-2-13-6-10(16)14(7-9(13)15)5-8-3-4-19-11(8)12(17)18/h3-4H,2,5-7H2,1H3,(H,17,18). The van der Waals surface area contributed by atoms with E-state index in [-0.39, 0.29) is 37.2 Å². The summed E-state index contributed by atoms with van der Waals surface area (Å²) < 4.78 is 4.84. The predicted octanol–water partition coefficient (Wildman–Crippen LogP) is 0.168. The normalized spacial score (nSPS) is 16.1. The third-order valence-electron chi connectivity index (χ3n) is 3.04. The number of nitrogens with zero attached hydrogens (tertiary/aromatic N) is 2. The van der Waals surface area contributed by atoms with Gasteiger partial charge in [-0.1, -0.05) is 0 Å². The van der Waals surface area contributed by atoms with Gasteiger partial charge in [0.05, 0.1) is 19.4 Å². The molecule has 7 nitrogen and oxygen atoms in total. The molecule has 0 unspecified atom stereocenters. The Hall–Kier alpha value is -2.31. The fourth-order valence-electron chi connectivity index (χ4n) is 1.99. The van der Waals surface area contributed by atoms with E-state index in [0.29, 0.717) is 12.1 Å². The highest BCUT2D eigenvalue weighted by Crippen LogP contribution is 2.15. The number of carbonyl (C=O) groups excluding carboxylic acids is 2. The van der Waals surface area contributed by atoms with Gasteiger partial charge < -0.3 is 19.3 Å². The number of rotatable bonds is 4. The molecule has 0 radical (unpaired) electrons. The minimum atomic E-state index is -1.19. The van der Waals surface area contributed by atoms with Crippen LogP contribution in [0.2, 0.25) is 0 Å². The number of carboxylic acid groups (broad SMARTS) is 1. The van der Waals surface area contributed by atoms with E-state index in [9.17, 15) is 14.4 Å². The molecule has 2 heterocycles. The molecule has 1 aromatic rings. The Morgan fingerprint density at radius 1 is 1.32 bits per heavy atom. The van der Waals surface area contributed by atoms with Gasteiger partial charge in [0.2, 0.25) is 17.6 Å². The van der Waals surface area contributed by atoms with Crippen LogP contribution >= 0.6 is 0 Å². The molecule has 0 spiro atoms. The molecular formula is C12H14N2O5. The lowest BCUT2D eigenvalue weighted by atomic mass is 10.2. The van der Waals surface area contributed by atoms with Gasteiger partial charge in [-0.3, -0.25) is 9.59 Å². The summed E-state index contributed by atoms with van der Waals surface area (Å²) in [5.74, 6) is -1.72. The zero-order valence-electron chi connectivity index (χ0n) is 10.5. The summed E-state index contributed by atoms with van der Waals surface area (Å²) in [7, 11) is 0. The van der Waals surface area contributed by atoms with Crippen molar-refractivity contribution in [2.24, 2.45) is 0 Å². The van der Waals surface area contributed by atoms with Crippen molar-refractivity contribution in [2.75, 3.05) is 19.6 Å². The number of aromatic carboxylic acids is 1. The van der Waals surface area contributed by atoms with Crippen molar-refractivity contribution in [3.05, 3.63) is 23.7 Å². The number of hydrogen-bond acceptors (Lipinski definition) is 4. The molecule has 2 amide bonds. The monoisotopic (exact) mass is 266 g/mol. The van der Waals surface area contributed by atoms with Gasteiger partial charge >= 0.3 is 5.97 Å². The Kier molecular flexibility index (Phi) is 3.55. The average molecular weight is 266 g/mol.